The number of hydrogen-bond donors (Lipinski definition) is 2. The topological polar surface area (TPSA) is 40.5 Å². The van der Waals surface area contributed by atoms with Crippen molar-refractivity contribution in [1.29, 1.82) is 0 Å². The summed E-state index contributed by atoms with van der Waals surface area (Å²) < 4.78 is 0. The maximum atomic E-state index is 9.10. The molecule has 0 spiro atoms. The van der Waals surface area contributed by atoms with Crippen LogP contribution in [0.5, 0.6) is 0 Å². The van der Waals surface area contributed by atoms with Gasteiger partial charge >= 0.3 is 0 Å². The highest BCUT2D eigenvalue weighted by Crippen LogP contribution is 2.19. The van der Waals surface area contributed by atoms with Gasteiger partial charge in [-0.15, -0.1) is 0 Å². The van der Waals surface area contributed by atoms with Crippen LogP contribution in [0.25, 0.3) is 0 Å². The van der Waals surface area contributed by atoms with Crippen LogP contribution in [-0.4, -0.2) is 29.3 Å². The molecule has 2 radical (unpaired) electrons. The standard InChI is InChI=1S/C7H6BCl.C6H14O2/c1-5-3-2-4-6(9)7(5)8;1-5(2,7)6(3,4)8/h2-4H,1H3;7-8H,1-4H3. The van der Waals surface area contributed by atoms with Gasteiger partial charge in [-0.3, -0.25) is 0 Å². The van der Waals surface area contributed by atoms with Crippen molar-refractivity contribution in [3.8, 4) is 0 Å². The Bertz CT molecular complexity index is 332. The fraction of sp³-hybridized carbons (Fsp3) is 0.538. The van der Waals surface area contributed by atoms with E-state index in [-0.39, 0.29) is 0 Å². The van der Waals surface area contributed by atoms with Gasteiger partial charge in [0, 0.05) is 5.02 Å². The molecule has 0 aromatic heterocycles. The van der Waals surface area contributed by atoms with E-state index in [4.69, 9.17) is 29.7 Å². The molecule has 17 heavy (non-hydrogen) atoms. The van der Waals surface area contributed by atoms with E-state index in [2.05, 4.69) is 0 Å². The summed E-state index contributed by atoms with van der Waals surface area (Å²) in [7, 11) is 5.55. The lowest BCUT2D eigenvalue weighted by molar-refractivity contribution is -0.107. The minimum absolute atomic E-state index is 0.634. The van der Waals surface area contributed by atoms with Gasteiger partial charge in [-0.05, 0) is 40.7 Å². The molecule has 0 heterocycles. The molecule has 0 fully saturated rings. The molecule has 0 amide bonds. The smallest absolute Gasteiger partial charge is 0.116 e. The van der Waals surface area contributed by atoms with Gasteiger partial charge < -0.3 is 10.2 Å². The van der Waals surface area contributed by atoms with Crippen molar-refractivity contribution < 1.29 is 10.2 Å². The summed E-state index contributed by atoms with van der Waals surface area (Å²) in [5, 5.41) is 18.8. The number of benzene rings is 1. The summed E-state index contributed by atoms with van der Waals surface area (Å²) in [6.45, 7) is 8.24. The SMILES string of the molecule is CC(C)(O)C(C)(C)O.[B]c1c(C)cccc1Cl. The summed E-state index contributed by atoms with van der Waals surface area (Å²) in [5.41, 5.74) is -0.304. The molecule has 0 aliphatic heterocycles. The lowest BCUT2D eigenvalue weighted by Gasteiger charge is -2.31. The monoisotopic (exact) mass is 254 g/mol. The Morgan fingerprint density at radius 2 is 1.47 bits per heavy atom. The Morgan fingerprint density at radius 1 is 1.06 bits per heavy atom. The highest BCUT2D eigenvalue weighted by Gasteiger charge is 2.31. The third-order valence-corrected chi connectivity index (χ3v) is 3.10. The number of rotatable bonds is 1. The van der Waals surface area contributed by atoms with Crippen LogP contribution >= 0.6 is 11.6 Å². The van der Waals surface area contributed by atoms with Crippen LogP contribution in [0.3, 0.4) is 0 Å². The highest BCUT2D eigenvalue weighted by atomic mass is 35.5. The number of halogens is 1. The maximum absolute atomic E-state index is 9.10. The van der Waals surface area contributed by atoms with Crippen LogP contribution in [0, 0.1) is 6.92 Å². The average molecular weight is 255 g/mol. The lowest BCUT2D eigenvalue weighted by Crippen LogP contribution is -2.44. The molecular formula is C13H20BClO2. The van der Waals surface area contributed by atoms with Gasteiger partial charge in [0.15, 0.2) is 0 Å². The molecular weight excluding hydrogens is 234 g/mol. The number of hydrogen-bond acceptors (Lipinski definition) is 2. The van der Waals surface area contributed by atoms with Crippen LogP contribution < -0.4 is 5.46 Å². The van der Waals surface area contributed by atoms with E-state index in [0.717, 1.165) is 5.56 Å². The van der Waals surface area contributed by atoms with Crippen LogP contribution in [0.4, 0.5) is 0 Å². The fourth-order valence-corrected chi connectivity index (χ4v) is 0.867. The molecule has 94 valence electrons. The quantitative estimate of drug-likeness (QED) is 0.752. The minimum Gasteiger partial charge on any atom is -0.387 e. The second kappa shape index (κ2) is 5.90. The molecule has 0 saturated heterocycles. The van der Waals surface area contributed by atoms with E-state index in [1.807, 2.05) is 19.1 Å². The van der Waals surface area contributed by atoms with E-state index in [1.165, 1.54) is 0 Å². The van der Waals surface area contributed by atoms with Crippen LogP contribution in [0.2, 0.25) is 5.02 Å². The summed E-state index contributed by atoms with van der Waals surface area (Å²) in [6, 6.07) is 5.60. The molecule has 2 N–H and O–H groups in total. The first-order chi connectivity index (χ1) is 7.47. The molecule has 1 aromatic rings. The molecule has 0 saturated carbocycles. The Hall–Kier alpha value is -0.505. The fourth-order valence-electron chi connectivity index (χ4n) is 0.645. The molecule has 2 nitrogen and oxygen atoms in total. The normalized spacial score (nSPS) is 11.8. The van der Waals surface area contributed by atoms with Crippen LogP contribution in [0.15, 0.2) is 18.2 Å². The van der Waals surface area contributed by atoms with E-state index in [9.17, 15) is 0 Å². The van der Waals surface area contributed by atoms with Crippen molar-refractivity contribution in [3.05, 3.63) is 28.8 Å². The van der Waals surface area contributed by atoms with Crippen molar-refractivity contribution >= 4 is 24.9 Å². The minimum atomic E-state index is -1.01. The van der Waals surface area contributed by atoms with Gasteiger partial charge in [0.2, 0.25) is 0 Å². The number of aryl methyl sites for hydroxylation is 1. The van der Waals surface area contributed by atoms with E-state index in [1.54, 1.807) is 33.8 Å². The lowest BCUT2D eigenvalue weighted by atomic mass is 9.90. The van der Waals surface area contributed by atoms with Crippen molar-refractivity contribution in [2.45, 2.75) is 45.8 Å². The summed E-state index contributed by atoms with van der Waals surface area (Å²) >= 11 is 5.69. The summed E-state index contributed by atoms with van der Waals surface area (Å²) in [6.07, 6.45) is 0. The molecule has 1 rings (SSSR count). The average Bonchev–Trinajstić information content (AvgIpc) is 2.12. The molecule has 0 aliphatic carbocycles. The Morgan fingerprint density at radius 3 is 1.71 bits per heavy atom. The predicted octanol–water partition coefficient (Wildman–Crippen LogP) is 1.97. The van der Waals surface area contributed by atoms with Crippen LogP contribution in [-0.2, 0) is 0 Å². The zero-order chi connectivity index (χ0) is 13.9. The van der Waals surface area contributed by atoms with Crippen molar-refractivity contribution in [2.24, 2.45) is 0 Å². The first-order valence-corrected chi connectivity index (χ1v) is 5.80. The van der Waals surface area contributed by atoms with Gasteiger partial charge in [-0.25, -0.2) is 0 Å². The van der Waals surface area contributed by atoms with Crippen molar-refractivity contribution in [1.82, 2.24) is 0 Å². The third-order valence-electron chi connectivity index (χ3n) is 2.77. The molecule has 0 atom stereocenters. The van der Waals surface area contributed by atoms with E-state index >= 15 is 0 Å². The van der Waals surface area contributed by atoms with Gasteiger partial charge in [0.05, 0.1) is 11.2 Å². The molecule has 4 heteroatoms. The van der Waals surface area contributed by atoms with Crippen molar-refractivity contribution in [2.75, 3.05) is 0 Å². The maximum Gasteiger partial charge on any atom is 0.116 e. The van der Waals surface area contributed by atoms with Gasteiger partial charge in [0.1, 0.15) is 7.85 Å². The van der Waals surface area contributed by atoms with Crippen LogP contribution in [0.1, 0.15) is 33.3 Å². The first kappa shape index (κ1) is 16.5. The number of aliphatic hydroxyl groups is 2. The summed E-state index contributed by atoms with van der Waals surface area (Å²) in [4.78, 5) is 0. The first-order valence-electron chi connectivity index (χ1n) is 5.42. The highest BCUT2D eigenvalue weighted by molar-refractivity contribution is 6.45. The second-order valence-corrected chi connectivity index (χ2v) is 5.50. The molecule has 0 bridgehead atoms. The molecule has 0 aliphatic rings. The second-order valence-electron chi connectivity index (χ2n) is 5.09. The third kappa shape index (κ3) is 5.58. The Balaban J connectivity index is 0.000000304. The van der Waals surface area contributed by atoms with Gasteiger partial charge in [-0.1, -0.05) is 34.8 Å². The zero-order valence-corrected chi connectivity index (χ0v) is 11.8. The Kier molecular flexibility index (Phi) is 5.72. The Labute approximate surface area is 110 Å². The van der Waals surface area contributed by atoms with E-state index < -0.39 is 11.2 Å². The largest absolute Gasteiger partial charge is 0.387 e. The van der Waals surface area contributed by atoms with Gasteiger partial charge in [0.25, 0.3) is 0 Å². The predicted molar refractivity (Wildman–Crippen MR) is 74.2 cm³/mol. The van der Waals surface area contributed by atoms with Gasteiger partial charge in [-0.2, -0.15) is 0 Å². The summed E-state index contributed by atoms with van der Waals surface area (Å²) in [5.74, 6) is 0. The molecule has 1 aromatic carbocycles. The zero-order valence-electron chi connectivity index (χ0n) is 11.1. The van der Waals surface area contributed by atoms with Crippen molar-refractivity contribution in [3.63, 3.8) is 0 Å². The van der Waals surface area contributed by atoms with E-state index in [0.29, 0.717) is 10.5 Å². The molecule has 0 unspecified atom stereocenters.